The summed E-state index contributed by atoms with van der Waals surface area (Å²) in [7, 11) is 1.40. The maximum atomic E-state index is 12.1. The number of nitrogens with one attached hydrogen (secondary N) is 1. The van der Waals surface area contributed by atoms with Crippen molar-refractivity contribution in [1.82, 2.24) is 19.9 Å². The monoisotopic (exact) mass is 426 g/mol. The number of aromatic nitrogens is 4. The van der Waals surface area contributed by atoms with E-state index in [-0.39, 0.29) is 5.97 Å². The fourth-order valence-corrected chi connectivity index (χ4v) is 4.98. The molecule has 1 saturated heterocycles. The zero-order valence-electron chi connectivity index (χ0n) is 17.7. The van der Waals surface area contributed by atoms with Crippen molar-refractivity contribution in [1.29, 1.82) is 0 Å². The SMILES string of the molecule is CCc1cc(N2CCC(Nc3nc(C)nc4sc(C(=O)OC)c(C)c34)CC2)ncn1. The van der Waals surface area contributed by atoms with Crippen molar-refractivity contribution in [2.75, 3.05) is 30.4 Å². The average Bonchev–Trinajstić information content (AvgIpc) is 3.10. The Balaban J connectivity index is 1.52. The van der Waals surface area contributed by atoms with Gasteiger partial charge in [0, 0.05) is 30.9 Å². The second-order valence-corrected chi connectivity index (χ2v) is 8.47. The number of thiophene rings is 1. The Morgan fingerprint density at radius 1 is 1.27 bits per heavy atom. The highest BCUT2D eigenvalue weighted by Gasteiger charge is 2.24. The molecule has 0 bridgehead atoms. The van der Waals surface area contributed by atoms with E-state index in [2.05, 4.69) is 43.1 Å². The van der Waals surface area contributed by atoms with E-state index in [1.165, 1.54) is 18.4 Å². The van der Waals surface area contributed by atoms with E-state index in [4.69, 9.17) is 4.74 Å². The van der Waals surface area contributed by atoms with Crippen LogP contribution in [-0.4, -0.2) is 52.1 Å². The summed E-state index contributed by atoms with van der Waals surface area (Å²) in [5.41, 5.74) is 1.93. The van der Waals surface area contributed by atoms with Gasteiger partial charge in [-0.3, -0.25) is 0 Å². The van der Waals surface area contributed by atoms with Gasteiger partial charge in [0.25, 0.3) is 0 Å². The fraction of sp³-hybridized carbons (Fsp3) is 0.476. The molecule has 1 aliphatic heterocycles. The first kappa shape index (κ1) is 20.5. The van der Waals surface area contributed by atoms with Crippen LogP contribution < -0.4 is 10.2 Å². The molecular formula is C21H26N6O2S. The number of aryl methyl sites for hydroxylation is 3. The molecule has 158 valence electrons. The molecule has 0 spiro atoms. The predicted octanol–water partition coefficient (Wildman–Crippen LogP) is 3.53. The van der Waals surface area contributed by atoms with Crippen LogP contribution in [-0.2, 0) is 11.2 Å². The summed E-state index contributed by atoms with van der Waals surface area (Å²) in [6.45, 7) is 7.74. The lowest BCUT2D eigenvalue weighted by molar-refractivity contribution is 0.0605. The molecule has 8 nitrogen and oxygen atoms in total. The molecule has 4 rings (SSSR count). The second-order valence-electron chi connectivity index (χ2n) is 7.47. The first-order valence-corrected chi connectivity index (χ1v) is 11.0. The van der Waals surface area contributed by atoms with Gasteiger partial charge in [-0.2, -0.15) is 0 Å². The van der Waals surface area contributed by atoms with Crippen LogP contribution >= 0.6 is 11.3 Å². The van der Waals surface area contributed by atoms with Crippen LogP contribution in [0, 0.1) is 13.8 Å². The predicted molar refractivity (Wildman–Crippen MR) is 118 cm³/mol. The van der Waals surface area contributed by atoms with E-state index in [1.807, 2.05) is 13.8 Å². The van der Waals surface area contributed by atoms with E-state index in [1.54, 1.807) is 6.33 Å². The number of rotatable bonds is 5. The summed E-state index contributed by atoms with van der Waals surface area (Å²) in [5, 5.41) is 4.53. The molecule has 1 fully saturated rings. The molecule has 0 radical (unpaired) electrons. The lowest BCUT2D eigenvalue weighted by Crippen LogP contribution is -2.39. The summed E-state index contributed by atoms with van der Waals surface area (Å²) in [6.07, 6.45) is 4.51. The Hall–Kier alpha value is -2.81. The number of esters is 1. The molecule has 4 heterocycles. The van der Waals surface area contributed by atoms with Gasteiger partial charge in [-0.15, -0.1) is 11.3 Å². The first-order chi connectivity index (χ1) is 14.5. The van der Waals surface area contributed by atoms with E-state index in [0.29, 0.717) is 16.7 Å². The summed E-state index contributed by atoms with van der Waals surface area (Å²) in [6, 6.07) is 2.38. The van der Waals surface area contributed by atoms with Crippen LogP contribution in [0.25, 0.3) is 10.2 Å². The number of ether oxygens (including phenoxy) is 1. The molecule has 0 amide bonds. The Labute approximate surface area is 179 Å². The number of nitrogens with zero attached hydrogens (tertiary/aromatic N) is 5. The summed E-state index contributed by atoms with van der Waals surface area (Å²) in [5.74, 6) is 2.16. The van der Waals surface area contributed by atoms with Crippen molar-refractivity contribution < 1.29 is 9.53 Å². The van der Waals surface area contributed by atoms with Crippen LogP contribution in [0.15, 0.2) is 12.4 Å². The van der Waals surface area contributed by atoms with Crippen LogP contribution in [0.2, 0.25) is 0 Å². The number of hydrogen-bond acceptors (Lipinski definition) is 9. The Bertz CT molecular complexity index is 1070. The van der Waals surface area contributed by atoms with Crippen LogP contribution in [0.5, 0.6) is 0 Å². The van der Waals surface area contributed by atoms with E-state index in [0.717, 1.165) is 65.5 Å². The third-order valence-corrected chi connectivity index (χ3v) is 6.67. The average molecular weight is 427 g/mol. The largest absolute Gasteiger partial charge is 0.465 e. The molecule has 3 aromatic rings. The van der Waals surface area contributed by atoms with Crippen LogP contribution in [0.3, 0.4) is 0 Å². The minimum absolute atomic E-state index is 0.298. The number of piperidine rings is 1. The summed E-state index contributed by atoms with van der Waals surface area (Å²) >= 11 is 1.36. The van der Waals surface area contributed by atoms with Gasteiger partial charge in [0.15, 0.2) is 0 Å². The van der Waals surface area contributed by atoms with Crippen molar-refractivity contribution in [3.63, 3.8) is 0 Å². The minimum Gasteiger partial charge on any atom is -0.465 e. The number of carbonyl (C=O) groups is 1. The standard InChI is InChI=1S/C21H26N6O2S/c1-5-14-10-16(23-11-22-14)27-8-6-15(7-9-27)26-19-17-12(2)18(21(28)29-4)30-20(17)25-13(3)24-19/h10-11,15H,5-9H2,1-4H3,(H,24,25,26). The van der Waals surface area contributed by atoms with Gasteiger partial charge in [0.05, 0.1) is 12.5 Å². The quantitative estimate of drug-likeness (QED) is 0.620. The molecule has 0 saturated carbocycles. The van der Waals surface area contributed by atoms with Gasteiger partial charge in [-0.1, -0.05) is 6.92 Å². The van der Waals surface area contributed by atoms with Crippen LogP contribution in [0.1, 0.15) is 46.5 Å². The van der Waals surface area contributed by atoms with Crippen molar-refractivity contribution in [3.05, 3.63) is 34.4 Å². The van der Waals surface area contributed by atoms with Gasteiger partial charge in [0.1, 0.15) is 33.5 Å². The smallest absolute Gasteiger partial charge is 0.348 e. The van der Waals surface area contributed by atoms with Crippen molar-refractivity contribution >= 4 is 39.2 Å². The van der Waals surface area contributed by atoms with E-state index < -0.39 is 0 Å². The van der Waals surface area contributed by atoms with Crippen molar-refractivity contribution in [2.24, 2.45) is 0 Å². The van der Waals surface area contributed by atoms with Crippen molar-refractivity contribution in [3.8, 4) is 0 Å². The second kappa shape index (κ2) is 8.51. The zero-order valence-corrected chi connectivity index (χ0v) is 18.5. The fourth-order valence-electron chi connectivity index (χ4n) is 3.84. The highest BCUT2D eigenvalue weighted by atomic mass is 32.1. The van der Waals surface area contributed by atoms with Crippen molar-refractivity contribution in [2.45, 2.75) is 46.1 Å². The molecule has 9 heteroatoms. The summed E-state index contributed by atoms with van der Waals surface area (Å²) < 4.78 is 4.92. The lowest BCUT2D eigenvalue weighted by Gasteiger charge is -2.33. The maximum absolute atomic E-state index is 12.1. The van der Waals surface area contributed by atoms with Gasteiger partial charge in [0.2, 0.25) is 0 Å². The number of methoxy groups -OCH3 is 1. The highest BCUT2D eigenvalue weighted by molar-refractivity contribution is 7.20. The number of fused-ring (bicyclic) bond motifs is 1. The third kappa shape index (κ3) is 3.94. The molecule has 30 heavy (non-hydrogen) atoms. The molecule has 1 aliphatic rings. The maximum Gasteiger partial charge on any atom is 0.348 e. The minimum atomic E-state index is -0.330. The first-order valence-electron chi connectivity index (χ1n) is 10.2. The highest BCUT2D eigenvalue weighted by Crippen LogP contribution is 2.35. The van der Waals surface area contributed by atoms with Gasteiger partial charge >= 0.3 is 5.97 Å². The van der Waals surface area contributed by atoms with Crippen LogP contribution in [0.4, 0.5) is 11.6 Å². The molecule has 0 aromatic carbocycles. The molecule has 1 N–H and O–H groups in total. The lowest BCUT2D eigenvalue weighted by atomic mass is 10.0. The Morgan fingerprint density at radius 2 is 2.03 bits per heavy atom. The Morgan fingerprint density at radius 3 is 2.73 bits per heavy atom. The van der Waals surface area contributed by atoms with E-state index in [9.17, 15) is 4.79 Å². The zero-order chi connectivity index (χ0) is 21.3. The number of anilines is 2. The third-order valence-electron chi connectivity index (χ3n) is 5.50. The van der Waals surface area contributed by atoms with Gasteiger partial charge in [-0.05, 0) is 38.7 Å². The Kier molecular flexibility index (Phi) is 5.80. The molecule has 0 aliphatic carbocycles. The van der Waals surface area contributed by atoms with Gasteiger partial charge in [-0.25, -0.2) is 24.7 Å². The normalized spacial score (nSPS) is 14.9. The van der Waals surface area contributed by atoms with Gasteiger partial charge < -0.3 is 15.0 Å². The number of hydrogen-bond donors (Lipinski definition) is 1. The molecule has 0 unspecified atom stereocenters. The topological polar surface area (TPSA) is 93.1 Å². The summed E-state index contributed by atoms with van der Waals surface area (Å²) in [4.78, 5) is 33.7. The molecule has 3 aromatic heterocycles. The molecule has 0 atom stereocenters. The molecular weight excluding hydrogens is 400 g/mol. The van der Waals surface area contributed by atoms with E-state index >= 15 is 0 Å². The number of carbonyl (C=O) groups excluding carboxylic acids is 1.